The molecule has 8 aromatic heterocycles. The fraction of sp³-hybridized carbons (Fsp3) is 0. The van der Waals surface area contributed by atoms with Crippen LogP contribution in [0.2, 0.25) is 0 Å². The van der Waals surface area contributed by atoms with E-state index in [1.807, 2.05) is 146 Å². The van der Waals surface area contributed by atoms with E-state index in [-0.39, 0.29) is 105 Å². The molecule has 0 spiro atoms. The first kappa shape index (κ1) is 86.3. The molecule has 14 aromatic rings. The van der Waals surface area contributed by atoms with Gasteiger partial charge in [-0.1, -0.05) is 108 Å². The molecule has 40 bridgehead atoms. The normalized spacial score (nSPS) is 14.8. The molecule has 0 radical (unpaired) electrons. The minimum absolute atomic E-state index is 0. The third-order valence-electron chi connectivity index (χ3n) is 19.2. The van der Waals surface area contributed by atoms with Gasteiger partial charge in [-0.05, 0) is 92.8 Å². The van der Waals surface area contributed by atoms with Gasteiger partial charge in [0.05, 0.1) is 107 Å². The standard InChI is InChI=1S/C26H14N8.C20H10N4.C18H8N6.C14H6N8.C12H4N10.5Pt/c1-3-7-15(8-4-1)21-17-11-27-23(31-17)25-29-13-19(33-25)22(16-9-5-2-6-10-16)20-14-30-26(34-20)24-28-12-18(21)32-24;1-3-13-7-15(5-1)19-21-12-18(23-19)10-14-4-2-6-16(8-14)20-22-11-17(9-13)24-20;1-3-11-7-13(5-1)21-15-9-20-18(24-15)12-4-2-6-14(8-12)22-16-10-19-17(11)23-16;1-7-3-15-11(19-7)13-17-5-9(21-13)2-10-6-18-14(22-10)12-16-4-8(1)20-12;1-5-17-6-2-15-11(20-6)12-16-4-8(22-12)18-7-3-14-10(21-7)9(13-1)19-5;;;;;/h1-14H;1-6,9-12H;1-6,9-10H;1-6H;1-4H;;;;;/q5*-2;5*+2. The van der Waals surface area contributed by atoms with E-state index in [1.165, 1.54) is 24.8 Å². The summed E-state index contributed by atoms with van der Waals surface area (Å²) in [5.74, 6) is 10.4. The van der Waals surface area contributed by atoms with E-state index in [2.05, 4.69) is 184 Å². The van der Waals surface area contributed by atoms with Crippen LogP contribution in [0.25, 0.3) is 66.6 Å². The van der Waals surface area contributed by atoms with Crippen LogP contribution in [0, 0.1) is 24.3 Å². The van der Waals surface area contributed by atoms with Crippen LogP contribution < -0.4 is 29.9 Å². The second kappa shape index (κ2) is 37.5. The number of amidine groups is 8. The number of rotatable bonds is 2. The van der Waals surface area contributed by atoms with Gasteiger partial charge in [-0.2, -0.15) is 0 Å². The molecule has 0 N–H and O–H groups in total. The molecule has 0 amide bonds. The van der Waals surface area contributed by atoms with Crippen molar-refractivity contribution in [2.45, 2.75) is 0 Å². The maximum Gasteiger partial charge on any atom is 2.00 e. The third-order valence-corrected chi connectivity index (χ3v) is 19.2. The molecular weight excluding hydrogens is 2560 g/mol. The summed E-state index contributed by atoms with van der Waals surface area (Å²) in [6, 6.07) is 59.9. The van der Waals surface area contributed by atoms with E-state index in [0.717, 1.165) is 66.0 Å². The average Bonchev–Trinajstić information content (AvgIpc) is 1.62. The number of fused-ring (bicyclic) bond motifs is 44. The first-order chi connectivity index (χ1) is 62.2. The molecule has 0 atom stereocenters. The molecule has 0 saturated heterocycles. The molecule has 0 saturated carbocycles. The van der Waals surface area contributed by atoms with Crippen molar-refractivity contribution in [3.63, 3.8) is 0 Å². The van der Waals surface area contributed by atoms with Crippen LogP contribution in [0.3, 0.4) is 0 Å². The van der Waals surface area contributed by atoms with Gasteiger partial charge >= 0.3 is 105 Å². The molecule has 13 aliphatic rings. The Balaban J connectivity index is 0.000000110. The van der Waals surface area contributed by atoms with Gasteiger partial charge in [0.2, 0.25) is 0 Å². The first-order valence-electron chi connectivity index (χ1n) is 38.4. The molecule has 21 heterocycles. The van der Waals surface area contributed by atoms with Gasteiger partial charge in [-0.25, -0.2) is 69.9 Å². The molecule has 131 heavy (non-hydrogen) atoms. The third kappa shape index (κ3) is 18.4. The van der Waals surface area contributed by atoms with Crippen LogP contribution in [0.5, 0.6) is 0 Å². The Labute approximate surface area is 809 Å². The number of hydrogen-bond donors (Lipinski definition) is 0. The quantitative estimate of drug-likeness (QED) is 0.145. The summed E-state index contributed by atoms with van der Waals surface area (Å²) in [7, 11) is 0. The fourth-order valence-electron chi connectivity index (χ4n) is 13.6. The van der Waals surface area contributed by atoms with Gasteiger partial charge in [0.25, 0.3) is 0 Å². The van der Waals surface area contributed by atoms with Gasteiger partial charge in [0, 0.05) is 46.6 Å². The molecule has 36 nitrogen and oxygen atoms in total. The van der Waals surface area contributed by atoms with E-state index in [9.17, 15) is 0 Å². The Hall–Kier alpha value is -15.5. The van der Waals surface area contributed by atoms with Crippen LogP contribution in [0.1, 0.15) is 91.9 Å². The summed E-state index contributed by atoms with van der Waals surface area (Å²) in [5, 5.41) is 5.07. The molecule has 0 unspecified atom stereocenters. The predicted molar refractivity (Wildman–Crippen MR) is 478 cm³/mol. The Morgan fingerprint density at radius 2 is 0.626 bits per heavy atom. The van der Waals surface area contributed by atoms with Crippen LogP contribution >= 0.6 is 0 Å². The molecule has 0 fully saturated rings. The summed E-state index contributed by atoms with van der Waals surface area (Å²) in [4.78, 5) is 158. The predicted octanol–water partition coefficient (Wildman–Crippen LogP) is 10.7. The molecule has 0 aliphatic carbocycles. The zero-order chi connectivity index (χ0) is 83.4. The van der Waals surface area contributed by atoms with Crippen molar-refractivity contribution in [1.82, 2.24) is 89.7 Å². The van der Waals surface area contributed by atoms with Crippen molar-refractivity contribution < 1.29 is 105 Å². The van der Waals surface area contributed by atoms with Crippen LogP contribution in [-0.2, 0) is 105 Å². The minimum atomic E-state index is 0. The van der Waals surface area contributed by atoms with Crippen LogP contribution in [0.15, 0.2) is 295 Å². The monoisotopic (exact) mass is 2600 g/mol. The summed E-state index contributed by atoms with van der Waals surface area (Å²) in [6.45, 7) is 0. The summed E-state index contributed by atoms with van der Waals surface area (Å²) in [6.07, 6.45) is 29.9. The number of benzene rings is 6. The van der Waals surface area contributed by atoms with Crippen molar-refractivity contribution in [2.24, 2.45) is 89.9 Å². The first-order valence-corrected chi connectivity index (χ1v) is 38.4. The molecule has 632 valence electrons. The van der Waals surface area contributed by atoms with E-state index in [1.54, 1.807) is 86.7 Å². The van der Waals surface area contributed by atoms with Crippen molar-refractivity contribution in [3.05, 3.63) is 322 Å². The van der Waals surface area contributed by atoms with Gasteiger partial charge in [0.1, 0.15) is 11.7 Å². The van der Waals surface area contributed by atoms with Gasteiger partial charge in [0.15, 0.2) is 46.7 Å². The maximum atomic E-state index is 4.77. The smallest absolute Gasteiger partial charge is 0.439 e. The molecule has 6 aromatic carbocycles. The van der Waals surface area contributed by atoms with Crippen molar-refractivity contribution >= 4 is 210 Å². The SMILES string of the molecule is C1=NC2=NC1=C(c1ccccc1)c1cnc([n-]1)C1=NC(=C(c3ccccc3)c3cnc2[n-]3)C=N1.C1=NC2=NC1=Cc1cnc([n-]1)C1=NC(=Cc3cnc2[n-]3)C=N1.C1=NC2=NC1=Nc1cnc([n-]1)C1=NC(=Nc3cnc2[n-]3)C=N1.[Pt+2].[Pt+2].[Pt+2].[Pt+2].[Pt+2].[c-]1c2cccc1c1nc(cc3[c-]c(ccc3)c3nc(c2)C=N3)C=N1.[c-]1c2cccc1c1nc(nc3[c-]c(ccc3)c3nc(n2)C=N3)C=N1. The largest absolute Gasteiger partial charge is 2.00 e. The molecule has 41 heteroatoms. The van der Waals surface area contributed by atoms with Crippen LogP contribution in [-0.4, -0.2) is 169 Å². The van der Waals surface area contributed by atoms with E-state index in [0.29, 0.717) is 185 Å². The maximum absolute atomic E-state index is 4.77. The molecule has 13 aliphatic heterocycles. The molecular formula is C90H42N36Pt5. The second-order valence-electron chi connectivity index (χ2n) is 27.8. The fourth-order valence-corrected chi connectivity index (χ4v) is 13.6. The van der Waals surface area contributed by atoms with Gasteiger partial charge in [-0.3, -0.25) is 39.9 Å². The number of nitrogens with zero attached hydrogens (tertiary/aromatic N) is 36. The summed E-state index contributed by atoms with van der Waals surface area (Å²) < 4.78 is 0. The average molecular weight is 2600 g/mol. The zero-order valence-corrected chi connectivity index (χ0v) is 77.3. The Bertz CT molecular complexity index is 7290. The molecule has 27 rings (SSSR count). The van der Waals surface area contributed by atoms with Gasteiger partial charge in [-0.15, -0.1) is 119 Å². The van der Waals surface area contributed by atoms with Crippen molar-refractivity contribution in [3.8, 4) is 0 Å². The Morgan fingerprint density at radius 1 is 0.260 bits per heavy atom. The van der Waals surface area contributed by atoms with E-state index in [4.69, 9.17) is 20.0 Å². The summed E-state index contributed by atoms with van der Waals surface area (Å²) >= 11 is 0. The van der Waals surface area contributed by atoms with Crippen LogP contribution in [0.4, 0.5) is 34.9 Å². The van der Waals surface area contributed by atoms with Gasteiger partial charge < -0.3 is 69.8 Å². The minimum Gasteiger partial charge on any atom is -0.439 e. The second-order valence-corrected chi connectivity index (χ2v) is 27.8. The summed E-state index contributed by atoms with van der Waals surface area (Å²) in [5.41, 5.74) is 11.9. The Kier molecular flexibility index (Phi) is 24.7. The number of imidazole rings is 6. The number of aromatic nitrogens is 18. The van der Waals surface area contributed by atoms with Crippen molar-refractivity contribution in [2.75, 3.05) is 0 Å². The van der Waals surface area contributed by atoms with Crippen molar-refractivity contribution in [1.29, 1.82) is 0 Å². The van der Waals surface area contributed by atoms with E-state index >= 15 is 0 Å². The number of allylic oxidation sites excluding steroid dienone is 4. The van der Waals surface area contributed by atoms with E-state index < -0.39 is 0 Å². The number of aliphatic imine (C=N–C) groups is 18. The zero-order valence-electron chi connectivity index (χ0n) is 65.9. The topological polar surface area (TPSA) is 462 Å². The Morgan fingerprint density at radius 3 is 1.08 bits per heavy atom. The number of hydrogen-bond acceptors (Lipinski definition) is 30.